The van der Waals surface area contributed by atoms with Gasteiger partial charge in [-0.15, -0.1) is 0 Å². The number of hydrogen-bond donors (Lipinski definition) is 0. The molecule has 1 heteroatoms. The Hall–Kier alpha value is -1.28. The second kappa shape index (κ2) is 7.13. The van der Waals surface area contributed by atoms with Crippen LogP contribution in [0.5, 0.6) is 0 Å². The van der Waals surface area contributed by atoms with Crippen molar-refractivity contribution >= 4 is 25.5 Å². The van der Waals surface area contributed by atoms with Crippen LogP contribution in [0.1, 0.15) is 13.8 Å². The Morgan fingerprint density at radius 3 is 1.33 bits per heavy atom. The van der Waals surface area contributed by atoms with Crippen molar-refractivity contribution in [3.05, 3.63) is 86.0 Å². The van der Waals surface area contributed by atoms with Crippen LogP contribution >= 0.6 is 0 Å². The maximum atomic E-state index is 4.11. The van der Waals surface area contributed by atoms with Crippen molar-refractivity contribution in [2.45, 2.75) is 21.7 Å². The number of rotatable bonds is 6. The summed E-state index contributed by atoms with van der Waals surface area (Å²) in [5.41, 5.74) is 0. The van der Waals surface area contributed by atoms with Crippen molar-refractivity contribution in [2.24, 2.45) is 0 Å². The van der Waals surface area contributed by atoms with Crippen LogP contribution < -0.4 is 7.16 Å². The Balaban J connectivity index is 2.78. The van der Waals surface area contributed by atoms with Gasteiger partial charge in [0.15, 0.2) is 0 Å². The van der Waals surface area contributed by atoms with Crippen molar-refractivity contribution in [2.75, 3.05) is 0 Å². The third kappa shape index (κ3) is 2.87. The fourth-order valence-corrected chi connectivity index (χ4v) is 19.1. The van der Waals surface area contributed by atoms with E-state index in [1.807, 2.05) is 0 Å². The summed E-state index contributed by atoms with van der Waals surface area (Å²) in [5, 5.41) is 0. The average molecular weight is 383 g/mol. The summed E-state index contributed by atoms with van der Waals surface area (Å²) in [5.74, 6) is 0. The van der Waals surface area contributed by atoms with E-state index in [0.29, 0.717) is 7.87 Å². The summed E-state index contributed by atoms with van der Waals surface area (Å²) in [7, 11) is 0. The molecule has 0 amide bonds. The van der Waals surface area contributed by atoms with Crippen molar-refractivity contribution in [1.29, 1.82) is 0 Å². The number of benzene rings is 2. The molecule has 0 aliphatic heterocycles. The molecule has 2 aromatic rings. The van der Waals surface area contributed by atoms with E-state index in [-0.39, 0.29) is 0 Å². The summed E-state index contributed by atoms with van der Waals surface area (Å²) in [6.45, 7) is 12.9. The molecule has 2 aromatic carbocycles. The first-order valence-electron chi connectivity index (χ1n) is 7.54. The molecule has 0 nitrogen and oxygen atoms in total. The summed E-state index contributed by atoms with van der Waals surface area (Å²) < 4.78 is 4.07. The zero-order valence-corrected chi connectivity index (χ0v) is 15.9. The predicted octanol–water partition coefficient (Wildman–Crippen LogP) is 4.40. The van der Waals surface area contributed by atoms with Crippen LogP contribution in [0.25, 0.3) is 0 Å². The molecule has 0 aromatic heterocycles. The molecule has 0 N–H and O–H groups in total. The molecule has 0 aliphatic carbocycles. The molecule has 0 aliphatic rings. The fraction of sp³-hybridized carbons (Fsp3) is 0.200. The fourth-order valence-electron chi connectivity index (χ4n) is 3.43. The Labute approximate surface area is 133 Å². The van der Waals surface area contributed by atoms with E-state index >= 15 is 0 Å². The zero-order chi connectivity index (χ0) is 15.3. The monoisotopic (exact) mass is 384 g/mol. The minimum atomic E-state index is -2.94. The van der Waals surface area contributed by atoms with Gasteiger partial charge < -0.3 is 0 Å². The summed E-state index contributed by atoms with van der Waals surface area (Å²) in [6.07, 6.45) is 4.30. The van der Waals surface area contributed by atoms with Gasteiger partial charge >= 0.3 is 133 Å². The van der Waals surface area contributed by atoms with Gasteiger partial charge in [-0.25, -0.2) is 0 Å². The van der Waals surface area contributed by atoms with Crippen molar-refractivity contribution in [3.8, 4) is 0 Å². The van der Waals surface area contributed by atoms with E-state index in [2.05, 4.69) is 99.8 Å². The molecule has 2 unspecified atom stereocenters. The van der Waals surface area contributed by atoms with Gasteiger partial charge in [0.1, 0.15) is 0 Å². The standard InChI is InChI=1S/2C6H5.2C4H7.Sn/c2*1-2-4-6-5-3-1;2*1-3-4-2;/h2*1-5H;2*3-4H,1H2,2H3;. The Morgan fingerprint density at radius 1 is 0.714 bits per heavy atom. The van der Waals surface area contributed by atoms with Gasteiger partial charge in [-0.05, 0) is 0 Å². The third-order valence-electron chi connectivity index (χ3n) is 4.65. The van der Waals surface area contributed by atoms with Gasteiger partial charge in [0, 0.05) is 0 Å². The van der Waals surface area contributed by atoms with Crippen LogP contribution in [0.4, 0.5) is 0 Å². The van der Waals surface area contributed by atoms with E-state index in [0.717, 1.165) is 0 Å². The topological polar surface area (TPSA) is 0 Å². The second-order valence-corrected chi connectivity index (χ2v) is 19.1. The molecule has 0 saturated carbocycles. The van der Waals surface area contributed by atoms with E-state index in [4.69, 9.17) is 0 Å². The first kappa shape index (κ1) is 16.1. The number of hydrogen-bond acceptors (Lipinski definition) is 0. The van der Waals surface area contributed by atoms with Crippen LogP contribution in [-0.2, 0) is 0 Å². The Kier molecular flexibility index (Phi) is 5.46. The average Bonchev–Trinajstić information content (AvgIpc) is 2.57. The van der Waals surface area contributed by atoms with E-state index in [1.54, 1.807) is 0 Å². The molecule has 0 bridgehead atoms. The minimum absolute atomic E-state index is 0.511. The van der Waals surface area contributed by atoms with Crippen molar-refractivity contribution < 1.29 is 0 Å². The molecule has 21 heavy (non-hydrogen) atoms. The summed E-state index contributed by atoms with van der Waals surface area (Å²) in [4.78, 5) is 0. The number of allylic oxidation sites excluding steroid dienone is 2. The predicted molar refractivity (Wildman–Crippen MR) is 97.1 cm³/mol. The molecule has 0 saturated heterocycles. The van der Waals surface area contributed by atoms with Gasteiger partial charge in [0.25, 0.3) is 0 Å². The Morgan fingerprint density at radius 2 is 1.05 bits per heavy atom. The first-order chi connectivity index (χ1) is 10.2. The first-order valence-corrected chi connectivity index (χ1v) is 13.7. The third-order valence-corrected chi connectivity index (χ3v) is 21.5. The molecular weight excluding hydrogens is 359 g/mol. The van der Waals surface area contributed by atoms with E-state index in [1.165, 1.54) is 7.16 Å². The Bertz CT molecular complexity index is 530. The molecule has 2 atom stereocenters. The van der Waals surface area contributed by atoms with Crippen molar-refractivity contribution in [1.82, 2.24) is 0 Å². The van der Waals surface area contributed by atoms with Gasteiger partial charge in [-0.2, -0.15) is 0 Å². The quantitative estimate of drug-likeness (QED) is 0.513. The van der Waals surface area contributed by atoms with Gasteiger partial charge in [-0.1, -0.05) is 0 Å². The SMILES string of the molecule is C=C[CH](C)[Sn]([c]1ccccc1)([c]1ccccc1)[CH](C)C=C. The normalized spacial score (nSPS) is 14.2. The van der Waals surface area contributed by atoms with Crippen LogP contribution in [-0.4, -0.2) is 18.4 Å². The maximum absolute atomic E-state index is 4.11. The van der Waals surface area contributed by atoms with Gasteiger partial charge in [-0.3, -0.25) is 0 Å². The molecule has 108 valence electrons. The molecule has 0 fully saturated rings. The second-order valence-electron chi connectivity index (χ2n) is 5.65. The summed E-state index contributed by atoms with van der Waals surface area (Å²) in [6, 6.07) is 22.1. The van der Waals surface area contributed by atoms with Gasteiger partial charge in [0.05, 0.1) is 0 Å². The molecular formula is C20H24Sn. The van der Waals surface area contributed by atoms with Crippen molar-refractivity contribution in [3.63, 3.8) is 0 Å². The molecule has 0 heterocycles. The molecule has 0 radical (unpaired) electrons. The summed E-state index contributed by atoms with van der Waals surface area (Å²) >= 11 is -2.94. The van der Waals surface area contributed by atoms with Crippen LogP contribution in [0, 0.1) is 0 Å². The molecule has 2 rings (SSSR count). The van der Waals surface area contributed by atoms with Gasteiger partial charge in [0.2, 0.25) is 0 Å². The zero-order valence-electron chi connectivity index (χ0n) is 13.0. The van der Waals surface area contributed by atoms with Crippen LogP contribution in [0.3, 0.4) is 0 Å². The molecule has 0 spiro atoms. The van der Waals surface area contributed by atoms with E-state index < -0.39 is 18.4 Å². The van der Waals surface area contributed by atoms with E-state index in [9.17, 15) is 0 Å². The van der Waals surface area contributed by atoms with Crippen LogP contribution in [0.2, 0.25) is 7.87 Å². The van der Waals surface area contributed by atoms with Crippen LogP contribution in [0.15, 0.2) is 86.0 Å².